The summed E-state index contributed by atoms with van der Waals surface area (Å²) in [6.45, 7) is 3.85. The summed E-state index contributed by atoms with van der Waals surface area (Å²) in [6, 6.07) is 11.5. The molecule has 1 aliphatic carbocycles. The quantitative estimate of drug-likeness (QED) is 0.827. The van der Waals surface area contributed by atoms with Gasteiger partial charge in [0.2, 0.25) is 0 Å². The highest BCUT2D eigenvalue weighted by atomic mass is 16.4. The Morgan fingerprint density at radius 2 is 2.00 bits per heavy atom. The van der Waals surface area contributed by atoms with Gasteiger partial charge in [-0.25, -0.2) is 0 Å². The Labute approximate surface area is 106 Å². The summed E-state index contributed by atoms with van der Waals surface area (Å²) in [5.41, 5.74) is 1.13. The van der Waals surface area contributed by atoms with Gasteiger partial charge in [0.25, 0.3) is 0 Å². The minimum Gasteiger partial charge on any atom is -0.481 e. The van der Waals surface area contributed by atoms with E-state index in [2.05, 4.69) is 6.07 Å². The van der Waals surface area contributed by atoms with E-state index in [4.69, 9.17) is 5.11 Å². The second-order valence-electron chi connectivity index (χ2n) is 5.22. The number of carboxylic acid groups (broad SMARTS) is 1. The highest BCUT2D eigenvalue weighted by Gasteiger charge is 2.61. The molecule has 3 nitrogen and oxygen atoms in total. The van der Waals surface area contributed by atoms with Gasteiger partial charge in [-0.15, -0.1) is 0 Å². The van der Waals surface area contributed by atoms with Crippen molar-refractivity contribution in [2.75, 3.05) is 0 Å². The van der Waals surface area contributed by atoms with E-state index in [0.29, 0.717) is 5.57 Å². The Morgan fingerprint density at radius 1 is 1.39 bits per heavy atom. The van der Waals surface area contributed by atoms with Crippen LogP contribution in [0.5, 0.6) is 0 Å². The Hall–Kier alpha value is -2.08. The van der Waals surface area contributed by atoms with Crippen LogP contribution >= 0.6 is 0 Å². The van der Waals surface area contributed by atoms with Gasteiger partial charge in [0.05, 0.1) is 17.6 Å². The third-order valence-electron chi connectivity index (χ3n) is 3.73. The van der Waals surface area contributed by atoms with Crippen LogP contribution in [0.4, 0.5) is 0 Å². The fraction of sp³-hybridized carbons (Fsp3) is 0.333. The first kappa shape index (κ1) is 12.4. The summed E-state index contributed by atoms with van der Waals surface area (Å²) in [4.78, 5) is 11.1. The Morgan fingerprint density at radius 3 is 2.44 bits per heavy atom. The number of hydrogen-bond donors (Lipinski definition) is 1. The Balaban J connectivity index is 2.29. The standard InChI is InChI=1S/C15H15NO2/c1-15(2)12(13(15)14(17)18)8-11(9-16)10-6-4-3-5-7-10/h3-8,12-13H,1-2H3,(H,17,18)/t12-,13+/m0/s1. The van der Waals surface area contributed by atoms with Crippen molar-refractivity contribution in [2.45, 2.75) is 13.8 Å². The van der Waals surface area contributed by atoms with E-state index in [1.54, 1.807) is 6.08 Å². The summed E-state index contributed by atoms with van der Waals surface area (Å²) in [6.07, 6.45) is 1.80. The lowest BCUT2D eigenvalue weighted by Crippen LogP contribution is -2.03. The summed E-state index contributed by atoms with van der Waals surface area (Å²) < 4.78 is 0. The lowest BCUT2D eigenvalue weighted by molar-refractivity contribution is -0.139. The van der Waals surface area contributed by atoms with Gasteiger partial charge in [-0.3, -0.25) is 4.79 Å². The van der Waals surface area contributed by atoms with Crippen molar-refractivity contribution in [3.8, 4) is 6.07 Å². The molecule has 0 aromatic heterocycles. The molecule has 0 unspecified atom stereocenters. The van der Waals surface area contributed by atoms with Crippen molar-refractivity contribution < 1.29 is 9.90 Å². The summed E-state index contributed by atoms with van der Waals surface area (Å²) in [7, 11) is 0. The largest absolute Gasteiger partial charge is 0.481 e. The molecule has 1 aromatic carbocycles. The first-order chi connectivity index (χ1) is 8.48. The summed E-state index contributed by atoms with van der Waals surface area (Å²) in [5, 5.41) is 18.3. The van der Waals surface area contributed by atoms with Crippen molar-refractivity contribution >= 4 is 11.5 Å². The third kappa shape index (κ3) is 2.02. The fourth-order valence-corrected chi connectivity index (χ4v) is 2.46. The molecule has 18 heavy (non-hydrogen) atoms. The van der Waals surface area contributed by atoms with Crippen molar-refractivity contribution in [3.05, 3.63) is 42.0 Å². The highest BCUT2D eigenvalue weighted by molar-refractivity contribution is 5.81. The second kappa shape index (κ2) is 4.30. The SMILES string of the molecule is CC1(C)[C@@H](C=C(C#N)c2ccccc2)[C@@H]1C(=O)O. The Kier molecular flexibility index (Phi) is 2.96. The van der Waals surface area contributed by atoms with E-state index >= 15 is 0 Å². The van der Waals surface area contributed by atoms with Crippen molar-refractivity contribution in [3.63, 3.8) is 0 Å². The smallest absolute Gasteiger partial charge is 0.307 e. The lowest BCUT2D eigenvalue weighted by atomic mass is 10.0. The third-order valence-corrected chi connectivity index (χ3v) is 3.73. The van der Waals surface area contributed by atoms with Crippen LogP contribution in [0.25, 0.3) is 5.57 Å². The zero-order chi connectivity index (χ0) is 13.3. The maximum atomic E-state index is 11.1. The molecule has 3 heteroatoms. The molecule has 1 aromatic rings. The van der Waals surface area contributed by atoms with E-state index in [1.807, 2.05) is 44.2 Å². The van der Waals surface area contributed by atoms with E-state index in [0.717, 1.165) is 5.56 Å². The topological polar surface area (TPSA) is 61.1 Å². The highest BCUT2D eigenvalue weighted by Crippen LogP contribution is 2.59. The molecule has 1 N–H and O–H groups in total. The molecule has 0 spiro atoms. The van der Waals surface area contributed by atoms with Crippen LogP contribution in [-0.2, 0) is 4.79 Å². The van der Waals surface area contributed by atoms with Gasteiger partial charge < -0.3 is 5.11 Å². The molecule has 2 atom stereocenters. The molecule has 0 bridgehead atoms. The zero-order valence-electron chi connectivity index (χ0n) is 10.4. The van der Waals surface area contributed by atoms with Crippen LogP contribution in [0, 0.1) is 28.6 Å². The number of nitrogens with zero attached hydrogens (tertiary/aromatic N) is 1. The molecule has 0 heterocycles. The van der Waals surface area contributed by atoms with Gasteiger partial charge in [-0.2, -0.15) is 5.26 Å². The van der Waals surface area contributed by atoms with Crippen LogP contribution in [0.1, 0.15) is 19.4 Å². The number of allylic oxidation sites excluding steroid dienone is 2. The summed E-state index contributed by atoms with van der Waals surface area (Å²) >= 11 is 0. The van der Waals surface area contributed by atoms with Crippen LogP contribution in [-0.4, -0.2) is 11.1 Å². The van der Waals surface area contributed by atoms with E-state index in [9.17, 15) is 10.1 Å². The number of carbonyl (C=O) groups is 1. The van der Waals surface area contributed by atoms with Crippen LogP contribution in [0.15, 0.2) is 36.4 Å². The van der Waals surface area contributed by atoms with Gasteiger partial charge in [0, 0.05) is 0 Å². The summed E-state index contributed by atoms with van der Waals surface area (Å²) in [5.74, 6) is -1.24. The Bertz CT molecular complexity index is 537. The predicted molar refractivity (Wildman–Crippen MR) is 68.4 cm³/mol. The number of carboxylic acids is 1. The molecule has 0 saturated heterocycles. The number of nitriles is 1. The van der Waals surface area contributed by atoms with Crippen molar-refractivity contribution in [2.24, 2.45) is 17.3 Å². The first-order valence-electron chi connectivity index (χ1n) is 5.88. The van der Waals surface area contributed by atoms with E-state index in [1.165, 1.54) is 0 Å². The number of rotatable bonds is 3. The molecule has 92 valence electrons. The molecule has 0 radical (unpaired) electrons. The van der Waals surface area contributed by atoms with Crippen molar-refractivity contribution in [1.29, 1.82) is 5.26 Å². The van der Waals surface area contributed by atoms with Gasteiger partial charge in [-0.05, 0) is 16.9 Å². The molecule has 1 aliphatic rings. The van der Waals surface area contributed by atoms with Gasteiger partial charge >= 0.3 is 5.97 Å². The van der Waals surface area contributed by atoms with E-state index < -0.39 is 5.97 Å². The maximum absolute atomic E-state index is 11.1. The minimum atomic E-state index is -0.786. The zero-order valence-corrected chi connectivity index (χ0v) is 10.4. The second-order valence-corrected chi connectivity index (χ2v) is 5.22. The number of aliphatic carboxylic acids is 1. The van der Waals surface area contributed by atoms with E-state index in [-0.39, 0.29) is 17.3 Å². The van der Waals surface area contributed by atoms with Gasteiger partial charge in [-0.1, -0.05) is 50.3 Å². The fourth-order valence-electron chi connectivity index (χ4n) is 2.46. The minimum absolute atomic E-state index is 0.0649. The average Bonchev–Trinajstić information content (AvgIpc) is 2.89. The van der Waals surface area contributed by atoms with Gasteiger partial charge in [0.15, 0.2) is 0 Å². The molecule has 0 aliphatic heterocycles. The number of benzene rings is 1. The molecular formula is C15H15NO2. The molecule has 0 amide bonds. The normalized spacial score (nSPS) is 25.3. The van der Waals surface area contributed by atoms with Crippen LogP contribution < -0.4 is 0 Å². The first-order valence-corrected chi connectivity index (χ1v) is 5.88. The molecule has 1 saturated carbocycles. The van der Waals surface area contributed by atoms with Gasteiger partial charge in [0.1, 0.15) is 0 Å². The number of hydrogen-bond acceptors (Lipinski definition) is 2. The van der Waals surface area contributed by atoms with Crippen molar-refractivity contribution in [1.82, 2.24) is 0 Å². The maximum Gasteiger partial charge on any atom is 0.307 e. The average molecular weight is 241 g/mol. The van der Waals surface area contributed by atoms with Crippen LogP contribution in [0.3, 0.4) is 0 Å². The molecule has 1 fully saturated rings. The monoisotopic (exact) mass is 241 g/mol. The molecule has 2 rings (SSSR count). The lowest BCUT2D eigenvalue weighted by Gasteiger charge is -2.00. The van der Waals surface area contributed by atoms with Crippen LogP contribution in [0.2, 0.25) is 0 Å². The molecular weight excluding hydrogens is 226 g/mol. The predicted octanol–water partition coefficient (Wildman–Crippen LogP) is 2.95.